The van der Waals surface area contributed by atoms with Gasteiger partial charge in [0.05, 0.1) is 31.2 Å². The molecule has 3 N–H and O–H groups in total. The number of hydrogen-bond acceptors (Lipinski definition) is 4. The van der Waals surface area contributed by atoms with Crippen molar-refractivity contribution >= 4 is 11.8 Å². The van der Waals surface area contributed by atoms with Crippen LogP contribution in [0.25, 0.3) is 0 Å². The molecule has 0 atom stereocenters. The average Bonchev–Trinajstić information content (AvgIpc) is 1.99. The molecule has 0 bridgehead atoms. The van der Waals surface area contributed by atoms with Crippen LogP contribution >= 0.6 is 0 Å². The number of primary amides is 1. The zero-order valence-corrected chi connectivity index (χ0v) is 7.58. The first-order valence-corrected chi connectivity index (χ1v) is 4.12. The maximum Gasteiger partial charge on any atom is 0.234 e. The summed E-state index contributed by atoms with van der Waals surface area (Å²) in [6, 6.07) is 1.72. The average molecular weight is 197 g/mol. The smallest absolute Gasteiger partial charge is 0.234 e. The molecule has 0 aromatic carbocycles. The summed E-state index contributed by atoms with van der Waals surface area (Å²) in [5, 5.41) is 10.8. The van der Waals surface area contributed by atoms with E-state index in [4.69, 9.17) is 15.7 Å². The van der Waals surface area contributed by atoms with Crippen LogP contribution in [-0.2, 0) is 14.3 Å². The summed E-state index contributed by atoms with van der Waals surface area (Å²) < 4.78 is 4.91. The molecule has 1 heterocycles. The van der Waals surface area contributed by atoms with E-state index >= 15 is 0 Å². The molecule has 2 amide bonds. The molecule has 6 heteroatoms. The first kappa shape index (κ1) is 10.5. The standard InChI is InChI=1S/C8H11N3O3/c9-2-1-7(13)11-8(3-6(10)12)4-14-5-8/h1,3-5H2,(H2,10,12)(H,11,13). The fourth-order valence-corrected chi connectivity index (χ4v) is 1.31. The summed E-state index contributed by atoms with van der Waals surface area (Å²) >= 11 is 0. The number of nitrogens with one attached hydrogen (secondary N) is 1. The normalized spacial score (nSPS) is 17.6. The van der Waals surface area contributed by atoms with Crippen LogP contribution in [0.1, 0.15) is 12.8 Å². The summed E-state index contributed by atoms with van der Waals surface area (Å²) in [7, 11) is 0. The third-order valence-corrected chi connectivity index (χ3v) is 1.91. The Morgan fingerprint density at radius 3 is 2.57 bits per heavy atom. The van der Waals surface area contributed by atoms with E-state index in [1.54, 1.807) is 6.07 Å². The molecule has 1 rings (SSSR count). The Morgan fingerprint density at radius 1 is 1.57 bits per heavy atom. The topological polar surface area (TPSA) is 105 Å². The number of hydrogen-bond donors (Lipinski definition) is 2. The van der Waals surface area contributed by atoms with Crippen molar-refractivity contribution in [3.63, 3.8) is 0 Å². The highest BCUT2D eigenvalue weighted by molar-refractivity contribution is 5.81. The lowest BCUT2D eigenvalue weighted by Gasteiger charge is -2.41. The number of nitrogens with zero attached hydrogens (tertiary/aromatic N) is 1. The van der Waals surface area contributed by atoms with Crippen LogP contribution < -0.4 is 11.1 Å². The second-order valence-corrected chi connectivity index (χ2v) is 3.30. The van der Waals surface area contributed by atoms with Crippen LogP contribution in [0.15, 0.2) is 0 Å². The Balaban J connectivity index is 2.50. The van der Waals surface area contributed by atoms with Crippen molar-refractivity contribution < 1.29 is 14.3 Å². The summed E-state index contributed by atoms with van der Waals surface area (Å²) in [5.41, 5.74) is 4.35. The Labute approximate surface area is 81.0 Å². The van der Waals surface area contributed by atoms with Crippen molar-refractivity contribution in [2.24, 2.45) is 5.73 Å². The fourth-order valence-electron chi connectivity index (χ4n) is 1.31. The van der Waals surface area contributed by atoms with E-state index in [2.05, 4.69) is 5.32 Å². The highest BCUT2D eigenvalue weighted by Gasteiger charge is 2.41. The van der Waals surface area contributed by atoms with Gasteiger partial charge in [-0.2, -0.15) is 5.26 Å². The van der Waals surface area contributed by atoms with Gasteiger partial charge in [0.15, 0.2) is 0 Å². The number of nitriles is 1. The molecule has 0 aliphatic carbocycles. The monoisotopic (exact) mass is 197 g/mol. The van der Waals surface area contributed by atoms with Gasteiger partial charge in [-0.05, 0) is 0 Å². The zero-order valence-electron chi connectivity index (χ0n) is 7.58. The van der Waals surface area contributed by atoms with Gasteiger partial charge >= 0.3 is 0 Å². The predicted octanol–water partition coefficient (Wildman–Crippen LogP) is -1.34. The zero-order chi connectivity index (χ0) is 10.6. The van der Waals surface area contributed by atoms with E-state index in [0.717, 1.165) is 0 Å². The van der Waals surface area contributed by atoms with Crippen LogP contribution in [0, 0.1) is 11.3 Å². The molecule has 0 spiro atoms. The maximum atomic E-state index is 11.1. The van der Waals surface area contributed by atoms with Crippen molar-refractivity contribution in [1.29, 1.82) is 5.26 Å². The Kier molecular flexibility index (Phi) is 3.04. The van der Waals surface area contributed by atoms with E-state index < -0.39 is 17.4 Å². The van der Waals surface area contributed by atoms with Crippen LogP contribution in [0.4, 0.5) is 0 Å². The molecule has 0 unspecified atom stereocenters. The van der Waals surface area contributed by atoms with E-state index in [1.807, 2.05) is 0 Å². The predicted molar refractivity (Wildman–Crippen MR) is 45.7 cm³/mol. The van der Waals surface area contributed by atoms with Crippen LogP contribution in [-0.4, -0.2) is 30.6 Å². The van der Waals surface area contributed by atoms with E-state index in [1.165, 1.54) is 0 Å². The lowest BCUT2D eigenvalue weighted by molar-refractivity contribution is -0.137. The SMILES string of the molecule is N#CCC(=O)NC1(CC(N)=O)COC1. The molecule has 6 nitrogen and oxygen atoms in total. The Bertz CT molecular complexity index is 291. The third kappa shape index (κ3) is 2.44. The largest absolute Gasteiger partial charge is 0.376 e. The van der Waals surface area contributed by atoms with Gasteiger partial charge in [0.1, 0.15) is 6.42 Å². The first-order valence-electron chi connectivity index (χ1n) is 4.12. The summed E-state index contributed by atoms with van der Waals surface area (Å²) in [6.07, 6.45) is -0.176. The van der Waals surface area contributed by atoms with Gasteiger partial charge in [-0.15, -0.1) is 0 Å². The first-order chi connectivity index (χ1) is 6.58. The molecule has 1 fully saturated rings. The molecular weight excluding hydrogens is 186 g/mol. The second kappa shape index (κ2) is 4.07. The highest BCUT2D eigenvalue weighted by atomic mass is 16.5. The molecule has 14 heavy (non-hydrogen) atoms. The molecule has 76 valence electrons. The van der Waals surface area contributed by atoms with Crippen LogP contribution in [0.5, 0.6) is 0 Å². The molecule has 0 aromatic rings. The summed E-state index contributed by atoms with van der Waals surface area (Å²) in [5.74, 6) is -0.900. The number of ether oxygens (including phenoxy) is 1. The molecular formula is C8H11N3O3. The minimum absolute atomic E-state index is 0.0458. The fraction of sp³-hybridized carbons (Fsp3) is 0.625. The van der Waals surface area contributed by atoms with Gasteiger partial charge < -0.3 is 15.8 Å². The molecule has 0 radical (unpaired) electrons. The van der Waals surface area contributed by atoms with Gasteiger partial charge in [0, 0.05) is 0 Å². The highest BCUT2D eigenvalue weighted by Crippen LogP contribution is 2.20. The number of rotatable bonds is 4. The quantitative estimate of drug-likeness (QED) is 0.581. The van der Waals surface area contributed by atoms with Crippen LogP contribution in [0.2, 0.25) is 0 Å². The molecule has 1 aliphatic heterocycles. The van der Waals surface area contributed by atoms with Gasteiger partial charge in [0.25, 0.3) is 0 Å². The number of carbonyl (C=O) groups excluding carboxylic acids is 2. The lowest BCUT2D eigenvalue weighted by atomic mass is 9.92. The number of nitrogens with two attached hydrogens (primary N) is 1. The summed E-state index contributed by atoms with van der Waals surface area (Å²) in [4.78, 5) is 21.8. The molecule has 0 aromatic heterocycles. The van der Waals surface area contributed by atoms with E-state index in [-0.39, 0.29) is 26.1 Å². The lowest BCUT2D eigenvalue weighted by Crippen LogP contribution is -2.63. The number of carbonyl (C=O) groups is 2. The molecule has 1 saturated heterocycles. The van der Waals surface area contributed by atoms with Crippen molar-refractivity contribution in [2.45, 2.75) is 18.4 Å². The van der Waals surface area contributed by atoms with E-state index in [0.29, 0.717) is 0 Å². The Hall–Kier alpha value is -1.61. The Morgan fingerprint density at radius 2 is 2.21 bits per heavy atom. The van der Waals surface area contributed by atoms with Crippen molar-refractivity contribution in [3.05, 3.63) is 0 Å². The molecule has 1 aliphatic rings. The van der Waals surface area contributed by atoms with Gasteiger partial charge in [0.2, 0.25) is 11.8 Å². The van der Waals surface area contributed by atoms with Gasteiger partial charge in [-0.1, -0.05) is 0 Å². The second-order valence-electron chi connectivity index (χ2n) is 3.30. The van der Waals surface area contributed by atoms with Gasteiger partial charge in [-0.25, -0.2) is 0 Å². The van der Waals surface area contributed by atoms with E-state index in [9.17, 15) is 9.59 Å². The minimum atomic E-state index is -0.681. The van der Waals surface area contributed by atoms with Crippen molar-refractivity contribution in [2.75, 3.05) is 13.2 Å². The van der Waals surface area contributed by atoms with Crippen LogP contribution in [0.3, 0.4) is 0 Å². The third-order valence-electron chi connectivity index (χ3n) is 1.91. The van der Waals surface area contributed by atoms with Crippen molar-refractivity contribution in [3.8, 4) is 6.07 Å². The summed E-state index contributed by atoms with van der Waals surface area (Å²) in [6.45, 7) is 0.542. The van der Waals surface area contributed by atoms with Crippen molar-refractivity contribution in [1.82, 2.24) is 5.32 Å². The minimum Gasteiger partial charge on any atom is -0.376 e. The maximum absolute atomic E-state index is 11.1. The molecule has 0 saturated carbocycles. The van der Waals surface area contributed by atoms with Gasteiger partial charge in [-0.3, -0.25) is 9.59 Å². The number of amides is 2.